The van der Waals surface area contributed by atoms with E-state index in [2.05, 4.69) is 91.9 Å². The molecule has 0 amide bonds. The van der Waals surface area contributed by atoms with Crippen LogP contribution in [0.1, 0.15) is 68.7 Å². The monoisotopic (exact) mass is 404 g/mol. The average Bonchev–Trinajstić information content (AvgIpc) is 3.05. The van der Waals surface area contributed by atoms with E-state index in [-0.39, 0.29) is 11.1 Å². The topological polar surface area (TPSA) is 6.48 Å². The molecule has 3 aliphatic rings. The highest BCUT2D eigenvalue weighted by molar-refractivity contribution is 6.76. The third kappa shape index (κ3) is 3.19. The van der Waals surface area contributed by atoms with Gasteiger partial charge in [0.2, 0.25) is 0 Å². The van der Waals surface area contributed by atoms with E-state index in [1.54, 1.807) is 11.1 Å². The van der Waals surface area contributed by atoms with Crippen LogP contribution in [-0.4, -0.2) is 48.9 Å². The van der Waals surface area contributed by atoms with Crippen LogP contribution in [0.4, 0.5) is 0 Å². The highest BCUT2D eigenvalue weighted by atomic mass is 28.3. The van der Waals surface area contributed by atoms with Gasteiger partial charge in [-0.15, -0.1) is 0 Å². The predicted octanol–water partition coefficient (Wildman–Crippen LogP) is 6.26. The van der Waals surface area contributed by atoms with Crippen molar-refractivity contribution in [1.82, 2.24) is 9.47 Å². The van der Waals surface area contributed by atoms with E-state index in [0.29, 0.717) is 0 Å². The molecule has 3 heteroatoms. The summed E-state index contributed by atoms with van der Waals surface area (Å²) in [4.78, 5) is 2.53. The van der Waals surface area contributed by atoms with Crippen LogP contribution in [0.2, 0.25) is 18.6 Å². The molecule has 0 radical (unpaired) electrons. The van der Waals surface area contributed by atoms with Crippen LogP contribution < -0.4 is 0 Å². The summed E-state index contributed by atoms with van der Waals surface area (Å²) in [6.45, 7) is 30.6. The lowest BCUT2D eigenvalue weighted by atomic mass is 9.89. The molecule has 2 aliphatic carbocycles. The van der Waals surface area contributed by atoms with Crippen molar-refractivity contribution < 1.29 is 0 Å². The Bertz CT molecular complexity index is 631. The van der Waals surface area contributed by atoms with Gasteiger partial charge in [0.1, 0.15) is 8.24 Å². The fraction of sp³-hybridized carbons (Fsp3) is 0.920. The zero-order valence-corrected chi connectivity index (χ0v) is 22.0. The van der Waals surface area contributed by atoms with E-state index in [1.165, 1.54) is 19.5 Å². The summed E-state index contributed by atoms with van der Waals surface area (Å²) in [5.41, 5.74) is 4.76. The molecule has 0 aromatic carbocycles. The zero-order valence-electron chi connectivity index (χ0n) is 21.0. The summed E-state index contributed by atoms with van der Waals surface area (Å²) in [7, 11) is 0.589. The molecule has 1 saturated carbocycles. The quantitative estimate of drug-likeness (QED) is 0.404. The minimum absolute atomic E-state index is 0.200. The second kappa shape index (κ2) is 6.95. The van der Waals surface area contributed by atoms with Crippen LogP contribution in [0.25, 0.3) is 0 Å². The van der Waals surface area contributed by atoms with Gasteiger partial charge >= 0.3 is 0 Å². The lowest BCUT2D eigenvalue weighted by molar-refractivity contribution is 0.110. The molecule has 6 unspecified atom stereocenters. The fourth-order valence-electron chi connectivity index (χ4n) is 8.59. The van der Waals surface area contributed by atoms with Crippen LogP contribution in [0.3, 0.4) is 0 Å². The molecule has 0 bridgehead atoms. The second-order valence-electron chi connectivity index (χ2n) is 12.6. The smallest absolute Gasteiger partial charge is 0.127 e. The van der Waals surface area contributed by atoms with Gasteiger partial charge in [0.15, 0.2) is 0 Å². The molecule has 2 fully saturated rings. The minimum atomic E-state index is -1.70. The van der Waals surface area contributed by atoms with Crippen molar-refractivity contribution in [2.75, 3.05) is 20.1 Å². The van der Waals surface area contributed by atoms with Crippen LogP contribution in [-0.2, 0) is 0 Å². The van der Waals surface area contributed by atoms with Crippen molar-refractivity contribution in [3.8, 4) is 0 Å². The van der Waals surface area contributed by atoms with Crippen LogP contribution in [0, 0.1) is 29.6 Å². The molecule has 3 rings (SSSR count). The maximum atomic E-state index is 3.11. The van der Waals surface area contributed by atoms with Crippen molar-refractivity contribution in [2.24, 2.45) is 29.6 Å². The molecule has 0 spiro atoms. The third-order valence-electron chi connectivity index (χ3n) is 9.58. The summed E-state index contributed by atoms with van der Waals surface area (Å²) >= 11 is 0. The summed E-state index contributed by atoms with van der Waals surface area (Å²) in [5, 5.41) is 0. The molecule has 6 atom stereocenters. The van der Waals surface area contributed by atoms with Crippen molar-refractivity contribution in [3.05, 3.63) is 11.1 Å². The Morgan fingerprint density at radius 1 is 1.00 bits per heavy atom. The highest BCUT2D eigenvalue weighted by Gasteiger charge is 2.59. The zero-order chi connectivity index (χ0) is 21.4. The van der Waals surface area contributed by atoms with Gasteiger partial charge in [0.05, 0.1) is 0 Å². The van der Waals surface area contributed by atoms with Crippen molar-refractivity contribution in [3.63, 3.8) is 0 Å². The number of hydrogen-bond donors (Lipinski definition) is 0. The van der Waals surface area contributed by atoms with Gasteiger partial charge in [-0.3, -0.25) is 0 Å². The number of hydrogen-bond acceptors (Lipinski definition) is 2. The van der Waals surface area contributed by atoms with E-state index in [0.717, 1.165) is 35.1 Å². The number of likely N-dealkylation sites (tertiary alicyclic amines) is 1. The van der Waals surface area contributed by atoms with Crippen molar-refractivity contribution >= 4 is 8.24 Å². The van der Waals surface area contributed by atoms with E-state index in [1.807, 2.05) is 0 Å². The summed E-state index contributed by atoms with van der Waals surface area (Å²) < 4.78 is 3.11. The Labute approximate surface area is 177 Å². The minimum Gasteiger partial charge on any atom is -0.310 e. The Kier molecular flexibility index (Phi) is 5.60. The average molecular weight is 405 g/mol. The first-order valence-corrected chi connectivity index (χ1v) is 14.9. The first kappa shape index (κ1) is 22.6. The molecule has 162 valence electrons. The lowest BCUT2D eigenvalue weighted by Gasteiger charge is -2.59. The Morgan fingerprint density at radius 3 is 1.93 bits per heavy atom. The Hall–Kier alpha value is -0.123. The van der Waals surface area contributed by atoms with Gasteiger partial charge < -0.3 is 9.47 Å². The number of nitrogens with zero attached hydrogens (tertiary/aromatic N) is 2. The molecular weight excluding hydrogens is 356 g/mol. The Morgan fingerprint density at radius 2 is 1.50 bits per heavy atom. The van der Waals surface area contributed by atoms with Crippen LogP contribution >= 0.6 is 0 Å². The van der Waals surface area contributed by atoms with Crippen LogP contribution in [0.15, 0.2) is 11.1 Å². The lowest BCUT2D eigenvalue weighted by Crippen LogP contribution is -2.69. The summed E-state index contributed by atoms with van der Waals surface area (Å²) in [6, 6.07) is 0. The molecule has 2 nitrogen and oxygen atoms in total. The van der Waals surface area contributed by atoms with Gasteiger partial charge in [0.25, 0.3) is 0 Å². The Balaban J connectivity index is 2.07. The first-order chi connectivity index (χ1) is 12.6. The van der Waals surface area contributed by atoms with Crippen LogP contribution in [0.5, 0.6) is 0 Å². The summed E-state index contributed by atoms with van der Waals surface area (Å²) in [5.74, 6) is 4.14. The van der Waals surface area contributed by atoms with E-state index in [4.69, 9.17) is 0 Å². The summed E-state index contributed by atoms with van der Waals surface area (Å²) in [6.07, 6.45) is 1.33. The third-order valence-corrected chi connectivity index (χ3v) is 14.6. The van der Waals surface area contributed by atoms with Gasteiger partial charge in [-0.1, -0.05) is 51.9 Å². The molecule has 0 aromatic heterocycles. The largest absolute Gasteiger partial charge is 0.310 e. The molecular formula is C25H48N2Si. The number of rotatable bonds is 3. The first-order valence-electron chi connectivity index (χ1n) is 11.8. The van der Waals surface area contributed by atoms with E-state index < -0.39 is 8.24 Å². The molecule has 1 heterocycles. The van der Waals surface area contributed by atoms with Gasteiger partial charge in [-0.25, -0.2) is 0 Å². The number of likely N-dealkylation sites (N-methyl/N-ethyl adjacent to an activating group) is 1. The van der Waals surface area contributed by atoms with E-state index in [9.17, 15) is 0 Å². The maximum absolute atomic E-state index is 3.11. The molecule has 28 heavy (non-hydrogen) atoms. The SMILES string of the molecule is CC1=C2CN(C)CC2CC1(C)N(C(C)(C)C)[Si](C)(C)C1C(C)C(C)C(C)C1C. The molecule has 1 aliphatic heterocycles. The normalized spacial score (nSPS) is 42.8. The molecule has 1 saturated heterocycles. The highest BCUT2D eigenvalue weighted by Crippen LogP contribution is 2.58. The fourth-order valence-corrected chi connectivity index (χ4v) is 15.3. The molecule has 0 aromatic rings. The van der Waals surface area contributed by atoms with Gasteiger partial charge in [-0.2, -0.15) is 0 Å². The van der Waals surface area contributed by atoms with Crippen molar-refractivity contribution in [2.45, 2.75) is 98.4 Å². The predicted molar refractivity (Wildman–Crippen MR) is 126 cm³/mol. The van der Waals surface area contributed by atoms with Gasteiger partial charge in [-0.05, 0) is 83.2 Å². The maximum Gasteiger partial charge on any atom is 0.127 e. The van der Waals surface area contributed by atoms with Crippen molar-refractivity contribution in [1.29, 1.82) is 0 Å². The van der Waals surface area contributed by atoms with Gasteiger partial charge in [0, 0.05) is 24.2 Å². The molecule has 0 N–H and O–H groups in total. The standard InChI is InChI=1S/C25H48N2Si/c1-16-17(2)19(4)23(18(16)3)28(11,12)27(24(6,7)8)25(9)13-21-14-26(10)15-22(21)20(25)5/h16-19,21,23H,13-15H2,1-12H3. The second-order valence-corrected chi connectivity index (χ2v) is 17.1. The van der Waals surface area contributed by atoms with E-state index >= 15 is 0 Å². The number of fused-ring (bicyclic) bond motifs is 1.